The van der Waals surface area contributed by atoms with Crippen LogP contribution in [0.15, 0.2) is 16.4 Å². The zero-order valence-corrected chi connectivity index (χ0v) is 27.5. The molecule has 20 heteroatoms. The Kier molecular flexibility index (Phi) is 16.2. The Morgan fingerprint density at radius 3 is 2.04 bits per heavy atom. The van der Waals surface area contributed by atoms with E-state index >= 15 is 0 Å². The van der Waals surface area contributed by atoms with Crippen molar-refractivity contribution in [1.82, 2.24) is 31.6 Å². The Morgan fingerprint density at radius 1 is 0.958 bits per heavy atom. The number of rotatable bonds is 17. The predicted molar refractivity (Wildman–Crippen MR) is 168 cm³/mol. The first-order valence-corrected chi connectivity index (χ1v) is 15.1. The van der Waals surface area contributed by atoms with Crippen LogP contribution < -0.4 is 38.1 Å². The molecule has 48 heavy (non-hydrogen) atoms. The Balaban J connectivity index is 3.08. The summed E-state index contributed by atoms with van der Waals surface area (Å²) in [5.74, 6) is -6.92. The summed E-state index contributed by atoms with van der Waals surface area (Å²) in [6, 6.07) is -7.93. The molecule has 0 bridgehead atoms. The molecule has 20 nitrogen and oxygen atoms in total. The lowest BCUT2D eigenvalue weighted by Crippen LogP contribution is -2.64. The Bertz CT molecular complexity index is 1280. The van der Waals surface area contributed by atoms with E-state index in [1.54, 1.807) is 6.92 Å². The average molecular weight is 686 g/mol. The van der Waals surface area contributed by atoms with E-state index in [1.165, 1.54) is 33.9 Å². The van der Waals surface area contributed by atoms with Crippen LogP contribution in [0.2, 0.25) is 0 Å². The maximum atomic E-state index is 13.6. The highest BCUT2D eigenvalue weighted by molar-refractivity contribution is 6.02. The summed E-state index contributed by atoms with van der Waals surface area (Å²) in [6.07, 6.45) is 2.00. The summed E-state index contributed by atoms with van der Waals surface area (Å²) in [5.41, 5.74) is 9.65. The van der Waals surface area contributed by atoms with Gasteiger partial charge in [-0.25, -0.2) is 9.80 Å². The minimum absolute atomic E-state index is 0.0721. The average Bonchev–Trinajstić information content (AvgIpc) is 3.06. The van der Waals surface area contributed by atoms with Crippen molar-refractivity contribution in [2.45, 2.75) is 95.7 Å². The van der Waals surface area contributed by atoms with Crippen LogP contribution in [0, 0.1) is 0 Å². The molecule has 1 aliphatic heterocycles. The molecule has 0 aromatic rings. The number of aliphatic hydroxyl groups is 3. The lowest BCUT2D eigenvalue weighted by molar-refractivity contribution is -0.145. The lowest BCUT2D eigenvalue weighted by atomic mass is 10.0. The highest BCUT2D eigenvalue weighted by Crippen LogP contribution is 2.16. The van der Waals surface area contributed by atoms with E-state index in [0.29, 0.717) is 12.0 Å². The molecule has 1 rings (SSSR count). The first kappa shape index (κ1) is 41.5. The SMILES string of the molecule is CCC(C)=C(NC(=O)C(C)NC(=O)C1CCC=NN1C(=O)C(NC(=O)C(C)NC(=O)C(N)(CO)CO)C(C)N)C(=O)NC(CO)C(=O)O. The topological polar surface area (TPSA) is 328 Å². The number of hydrogen-bond acceptors (Lipinski definition) is 13. The number of carbonyl (C=O) groups is 7. The van der Waals surface area contributed by atoms with Gasteiger partial charge in [-0.1, -0.05) is 6.92 Å². The predicted octanol–water partition coefficient (Wildman–Crippen LogP) is -5.15. The van der Waals surface area contributed by atoms with Crippen LogP contribution in [0.1, 0.15) is 53.9 Å². The summed E-state index contributed by atoms with van der Waals surface area (Å²) in [4.78, 5) is 89.1. The molecule has 0 aliphatic carbocycles. The van der Waals surface area contributed by atoms with Gasteiger partial charge in [-0.2, -0.15) is 5.10 Å². The summed E-state index contributed by atoms with van der Waals surface area (Å²) < 4.78 is 0. The number of nitrogens with one attached hydrogen (secondary N) is 5. The van der Waals surface area contributed by atoms with Crippen molar-refractivity contribution >= 4 is 47.6 Å². The molecule has 0 saturated carbocycles. The summed E-state index contributed by atoms with van der Waals surface area (Å²) in [7, 11) is 0. The second-order valence-corrected chi connectivity index (χ2v) is 11.4. The number of amides is 6. The number of aliphatic carboxylic acids is 1. The molecule has 6 unspecified atom stereocenters. The van der Waals surface area contributed by atoms with Crippen LogP contribution in [0.4, 0.5) is 0 Å². The molecule has 0 saturated heterocycles. The number of carboxylic acids is 1. The molecule has 6 amide bonds. The van der Waals surface area contributed by atoms with Gasteiger partial charge in [0.1, 0.15) is 35.4 Å². The van der Waals surface area contributed by atoms with Crippen molar-refractivity contribution in [3.63, 3.8) is 0 Å². The normalized spacial score (nSPS) is 18.2. The number of nitrogens with zero attached hydrogens (tertiary/aromatic N) is 2. The Morgan fingerprint density at radius 2 is 1.54 bits per heavy atom. The summed E-state index contributed by atoms with van der Waals surface area (Å²) in [6.45, 7) is 4.46. The molecule has 6 atom stereocenters. The van der Waals surface area contributed by atoms with E-state index in [-0.39, 0.29) is 18.5 Å². The number of carboxylic acid groups (broad SMARTS) is 1. The third-order valence-corrected chi connectivity index (χ3v) is 7.42. The van der Waals surface area contributed by atoms with Gasteiger partial charge in [0, 0.05) is 12.3 Å². The molecule has 270 valence electrons. The van der Waals surface area contributed by atoms with Gasteiger partial charge in [0.15, 0.2) is 6.04 Å². The molecule has 0 aromatic heterocycles. The van der Waals surface area contributed by atoms with Crippen molar-refractivity contribution in [3.05, 3.63) is 11.3 Å². The molecule has 13 N–H and O–H groups in total. The van der Waals surface area contributed by atoms with Crippen molar-refractivity contribution in [1.29, 1.82) is 0 Å². The van der Waals surface area contributed by atoms with E-state index in [9.17, 15) is 48.9 Å². The van der Waals surface area contributed by atoms with Gasteiger partial charge in [0.25, 0.3) is 11.8 Å². The second-order valence-electron chi connectivity index (χ2n) is 11.4. The molecule has 1 heterocycles. The minimum atomic E-state index is -2.06. The molecule has 0 fully saturated rings. The first-order chi connectivity index (χ1) is 22.4. The number of aliphatic hydroxyl groups excluding tert-OH is 3. The third-order valence-electron chi connectivity index (χ3n) is 7.42. The third kappa shape index (κ3) is 11.0. The van der Waals surface area contributed by atoms with Crippen LogP contribution in [-0.4, -0.2) is 135 Å². The lowest BCUT2D eigenvalue weighted by Gasteiger charge is -2.34. The highest BCUT2D eigenvalue weighted by atomic mass is 16.4. The van der Waals surface area contributed by atoms with E-state index in [0.717, 1.165) is 5.01 Å². The fourth-order valence-electron chi connectivity index (χ4n) is 4.03. The number of hydrazone groups is 1. The van der Waals surface area contributed by atoms with Gasteiger partial charge in [-0.15, -0.1) is 0 Å². The van der Waals surface area contributed by atoms with E-state index < -0.39 is 103 Å². The largest absolute Gasteiger partial charge is 0.480 e. The number of hydrogen-bond donors (Lipinski definition) is 11. The van der Waals surface area contributed by atoms with Crippen molar-refractivity contribution in [2.75, 3.05) is 19.8 Å². The summed E-state index contributed by atoms with van der Waals surface area (Å²) >= 11 is 0. The zero-order valence-electron chi connectivity index (χ0n) is 27.5. The highest BCUT2D eigenvalue weighted by Gasteiger charge is 2.40. The van der Waals surface area contributed by atoms with Crippen molar-refractivity contribution < 1.29 is 54.0 Å². The molecule has 0 radical (unpaired) electrons. The van der Waals surface area contributed by atoms with Crippen LogP contribution in [0.25, 0.3) is 0 Å². The number of allylic oxidation sites excluding steroid dienone is 1. The van der Waals surface area contributed by atoms with Crippen LogP contribution in [0.3, 0.4) is 0 Å². The van der Waals surface area contributed by atoms with E-state index in [4.69, 9.17) is 16.6 Å². The molecule has 1 aliphatic rings. The number of carbonyl (C=O) groups excluding carboxylic acids is 6. The van der Waals surface area contributed by atoms with Crippen LogP contribution in [-0.2, 0) is 33.6 Å². The van der Waals surface area contributed by atoms with Gasteiger partial charge in [0.2, 0.25) is 23.6 Å². The maximum absolute atomic E-state index is 13.6. The minimum Gasteiger partial charge on any atom is -0.480 e. The van der Waals surface area contributed by atoms with Gasteiger partial charge in [0.05, 0.1) is 19.8 Å². The fourth-order valence-corrected chi connectivity index (χ4v) is 4.03. The molecular formula is C28H47N9O11. The van der Waals surface area contributed by atoms with Gasteiger partial charge in [-0.05, 0) is 52.5 Å². The molecular weight excluding hydrogens is 638 g/mol. The van der Waals surface area contributed by atoms with E-state index in [2.05, 4.69) is 31.7 Å². The smallest absolute Gasteiger partial charge is 0.328 e. The summed E-state index contributed by atoms with van der Waals surface area (Å²) in [5, 5.41) is 53.4. The Labute approximate surface area is 276 Å². The quantitative estimate of drug-likeness (QED) is 0.0639. The second kappa shape index (κ2) is 18.7. The van der Waals surface area contributed by atoms with Crippen molar-refractivity contribution in [2.24, 2.45) is 16.6 Å². The monoisotopic (exact) mass is 685 g/mol. The molecule has 0 spiro atoms. The van der Waals surface area contributed by atoms with E-state index in [1.807, 2.05) is 0 Å². The number of nitrogens with two attached hydrogens (primary N) is 2. The van der Waals surface area contributed by atoms with Gasteiger partial charge >= 0.3 is 5.97 Å². The van der Waals surface area contributed by atoms with Gasteiger partial charge in [-0.3, -0.25) is 28.8 Å². The van der Waals surface area contributed by atoms with Crippen LogP contribution >= 0.6 is 0 Å². The van der Waals surface area contributed by atoms with Gasteiger partial charge < -0.3 is 58.5 Å². The molecule has 0 aromatic carbocycles. The Hall–Kier alpha value is -4.50. The van der Waals surface area contributed by atoms with Crippen LogP contribution in [0.5, 0.6) is 0 Å². The standard InChI is InChI=1S/C28H47N9O11/c1-6-13(2)19(24(44)34-17(10-38)26(46)47)35-21(41)15(4)32-23(43)18-8-7-9-31-37(18)25(45)20(14(3)29)36-22(42)16(5)33-27(48)28(30,11-39)12-40/h9,14-18,20,38-40H,6-8,10-12,29-30H2,1-5H3,(H,32,43)(H,33,48)(H,34,44)(H,35,41)(H,36,42)(H,46,47). The zero-order chi connectivity index (χ0) is 36.9. The first-order valence-electron chi connectivity index (χ1n) is 15.1. The maximum Gasteiger partial charge on any atom is 0.328 e. The fraction of sp³-hybridized carbons (Fsp3) is 0.643. The van der Waals surface area contributed by atoms with Crippen molar-refractivity contribution in [3.8, 4) is 0 Å².